The zero-order valence-corrected chi connectivity index (χ0v) is 17.0. The third-order valence-corrected chi connectivity index (χ3v) is 6.04. The molecule has 0 saturated carbocycles. The number of amides is 1. The van der Waals surface area contributed by atoms with Gasteiger partial charge < -0.3 is 19.7 Å². The molecule has 1 aromatic heterocycles. The number of hydrogen-bond acceptors (Lipinski definition) is 6. The van der Waals surface area contributed by atoms with Crippen molar-refractivity contribution in [1.82, 2.24) is 15.2 Å². The molecule has 6 nitrogen and oxygen atoms in total. The fraction of sp³-hybridized carbons (Fsp3) is 0.444. The number of halogens is 2. The number of nitrogens with zero attached hydrogens (tertiary/aromatic N) is 2. The molecule has 0 aliphatic carbocycles. The molecule has 3 aliphatic heterocycles. The van der Waals surface area contributed by atoms with Crippen LogP contribution in [0.4, 0.5) is 0 Å². The Bertz CT molecular complexity index is 832. The summed E-state index contributed by atoms with van der Waals surface area (Å²) in [5.74, 6) is 1.52. The molecule has 1 aromatic carbocycles. The van der Waals surface area contributed by atoms with Gasteiger partial charge in [0.25, 0.3) is 5.91 Å². The van der Waals surface area contributed by atoms with E-state index in [1.54, 1.807) is 0 Å². The summed E-state index contributed by atoms with van der Waals surface area (Å²) >= 11 is 1.49. The van der Waals surface area contributed by atoms with Crippen LogP contribution in [0.3, 0.4) is 0 Å². The first-order valence-electron chi connectivity index (χ1n) is 8.67. The molecule has 0 radical (unpaired) electrons. The van der Waals surface area contributed by atoms with Crippen molar-refractivity contribution in [2.45, 2.75) is 31.3 Å². The van der Waals surface area contributed by atoms with E-state index in [2.05, 4.69) is 10.3 Å². The van der Waals surface area contributed by atoms with Crippen LogP contribution in [0.5, 0.6) is 11.5 Å². The number of thiazole rings is 1. The third kappa shape index (κ3) is 3.87. The molecule has 2 fully saturated rings. The number of ether oxygens (including phenoxy) is 2. The van der Waals surface area contributed by atoms with E-state index in [0.717, 1.165) is 48.0 Å². The average Bonchev–Trinajstić information content (AvgIpc) is 3.32. The van der Waals surface area contributed by atoms with Crippen molar-refractivity contribution in [3.63, 3.8) is 0 Å². The van der Waals surface area contributed by atoms with E-state index >= 15 is 0 Å². The van der Waals surface area contributed by atoms with Crippen molar-refractivity contribution in [2.75, 3.05) is 19.9 Å². The zero-order chi connectivity index (χ0) is 16.8. The van der Waals surface area contributed by atoms with E-state index in [0.29, 0.717) is 17.8 Å². The predicted octanol–water partition coefficient (Wildman–Crippen LogP) is 3.35. The topological polar surface area (TPSA) is 63.7 Å². The minimum Gasteiger partial charge on any atom is -0.454 e. The number of likely N-dealkylation sites (tertiary alicyclic amines) is 1. The van der Waals surface area contributed by atoms with Crippen molar-refractivity contribution >= 4 is 42.1 Å². The Labute approximate surface area is 174 Å². The summed E-state index contributed by atoms with van der Waals surface area (Å²) in [6.07, 6.45) is 3.42. The van der Waals surface area contributed by atoms with Gasteiger partial charge in [-0.2, -0.15) is 0 Å². The van der Waals surface area contributed by atoms with Gasteiger partial charge in [0.2, 0.25) is 6.79 Å². The Balaban J connectivity index is 0.00000105. The van der Waals surface area contributed by atoms with E-state index in [1.165, 1.54) is 17.8 Å². The largest absolute Gasteiger partial charge is 0.454 e. The molecule has 1 N–H and O–H groups in total. The Kier molecular flexibility index (Phi) is 6.15. The highest BCUT2D eigenvalue weighted by Gasteiger charge is 2.32. The van der Waals surface area contributed by atoms with Crippen molar-refractivity contribution < 1.29 is 14.3 Å². The van der Waals surface area contributed by atoms with Crippen LogP contribution in [0.1, 0.15) is 29.8 Å². The molecule has 2 aromatic rings. The van der Waals surface area contributed by atoms with Gasteiger partial charge in [0, 0.05) is 36.1 Å². The summed E-state index contributed by atoms with van der Waals surface area (Å²) in [5, 5.41) is 6.30. The van der Waals surface area contributed by atoms with Gasteiger partial charge in [-0.15, -0.1) is 36.2 Å². The zero-order valence-electron chi connectivity index (χ0n) is 14.6. The first-order chi connectivity index (χ1) is 12.3. The fourth-order valence-corrected chi connectivity index (χ4v) is 4.61. The lowest BCUT2D eigenvalue weighted by atomic mass is 10.1. The third-order valence-electron chi connectivity index (χ3n) is 5.15. The van der Waals surface area contributed by atoms with Gasteiger partial charge in [-0.25, -0.2) is 4.98 Å². The summed E-state index contributed by atoms with van der Waals surface area (Å²) in [4.78, 5) is 19.4. The number of carbonyl (C=O) groups excluding carboxylic acids is 1. The molecule has 4 heterocycles. The van der Waals surface area contributed by atoms with Gasteiger partial charge in [0.05, 0.1) is 0 Å². The maximum absolute atomic E-state index is 12.9. The molecule has 1 amide bonds. The summed E-state index contributed by atoms with van der Waals surface area (Å²) in [6.45, 7) is 1.85. The molecule has 9 heteroatoms. The fourth-order valence-electron chi connectivity index (χ4n) is 3.82. The molecule has 27 heavy (non-hydrogen) atoms. The number of benzene rings is 1. The first kappa shape index (κ1) is 20.2. The Morgan fingerprint density at radius 2 is 1.96 bits per heavy atom. The predicted molar refractivity (Wildman–Crippen MR) is 109 cm³/mol. The number of carbonyl (C=O) groups is 1. The second-order valence-electron chi connectivity index (χ2n) is 6.78. The molecule has 2 bridgehead atoms. The van der Waals surface area contributed by atoms with E-state index < -0.39 is 0 Å². The molecule has 5 rings (SSSR count). The minimum absolute atomic E-state index is 0. The van der Waals surface area contributed by atoms with Gasteiger partial charge in [0.15, 0.2) is 11.5 Å². The Morgan fingerprint density at radius 3 is 2.85 bits per heavy atom. The smallest absolute Gasteiger partial charge is 0.273 e. The number of hydrogen-bond donors (Lipinski definition) is 1. The monoisotopic (exact) mass is 429 g/mol. The van der Waals surface area contributed by atoms with Gasteiger partial charge in [-0.05, 0) is 37.5 Å². The molecular weight excluding hydrogens is 409 g/mol. The summed E-state index contributed by atoms with van der Waals surface area (Å²) in [7, 11) is 0. The average molecular weight is 430 g/mol. The highest BCUT2D eigenvalue weighted by molar-refractivity contribution is 7.13. The van der Waals surface area contributed by atoms with E-state index in [-0.39, 0.29) is 37.5 Å². The van der Waals surface area contributed by atoms with Crippen LogP contribution >= 0.6 is 36.2 Å². The van der Waals surface area contributed by atoms with Crippen molar-refractivity contribution in [3.05, 3.63) is 29.3 Å². The molecule has 0 spiro atoms. The quantitative estimate of drug-likeness (QED) is 0.792. The number of fused-ring (bicyclic) bond motifs is 3. The summed E-state index contributed by atoms with van der Waals surface area (Å²) < 4.78 is 10.8. The van der Waals surface area contributed by atoms with Crippen LogP contribution in [0.2, 0.25) is 0 Å². The van der Waals surface area contributed by atoms with Crippen LogP contribution < -0.4 is 14.8 Å². The lowest BCUT2D eigenvalue weighted by molar-refractivity contribution is 0.0743. The Morgan fingerprint density at radius 1 is 1.15 bits per heavy atom. The number of nitrogens with one attached hydrogen (secondary N) is 1. The van der Waals surface area contributed by atoms with Crippen molar-refractivity contribution in [1.29, 1.82) is 0 Å². The van der Waals surface area contributed by atoms with Crippen LogP contribution in [0, 0.1) is 0 Å². The molecule has 3 aliphatic rings. The van der Waals surface area contributed by atoms with Crippen LogP contribution in [-0.4, -0.2) is 47.8 Å². The van der Waals surface area contributed by atoms with Crippen LogP contribution in [-0.2, 0) is 0 Å². The molecular formula is C18H21Cl2N3O3S. The van der Waals surface area contributed by atoms with E-state index in [9.17, 15) is 4.79 Å². The van der Waals surface area contributed by atoms with Gasteiger partial charge in [0.1, 0.15) is 10.7 Å². The van der Waals surface area contributed by atoms with Crippen LogP contribution in [0.25, 0.3) is 10.6 Å². The maximum Gasteiger partial charge on any atom is 0.273 e. The van der Waals surface area contributed by atoms with Gasteiger partial charge in [-0.3, -0.25) is 4.79 Å². The molecule has 146 valence electrons. The summed E-state index contributed by atoms with van der Waals surface area (Å²) in [6, 6.07) is 6.77. The SMILES string of the molecule is Cl.Cl.O=C(c1csc(-c2ccc3c(c2)OCO3)n1)N1CCC2CCC(C1)N2. The molecule has 2 unspecified atom stereocenters. The minimum atomic E-state index is 0. The highest BCUT2D eigenvalue weighted by Crippen LogP contribution is 2.36. The number of aromatic nitrogens is 1. The van der Waals surface area contributed by atoms with E-state index in [4.69, 9.17) is 9.47 Å². The molecule has 2 atom stereocenters. The van der Waals surface area contributed by atoms with Crippen LogP contribution in [0.15, 0.2) is 23.6 Å². The second-order valence-corrected chi connectivity index (χ2v) is 7.64. The number of rotatable bonds is 2. The van der Waals surface area contributed by atoms with Gasteiger partial charge >= 0.3 is 0 Å². The van der Waals surface area contributed by atoms with E-state index in [1.807, 2.05) is 28.5 Å². The molecule has 2 saturated heterocycles. The normalized spacial score (nSPS) is 22.6. The van der Waals surface area contributed by atoms with Crippen molar-refractivity contribution in [2.24, 2.45) is 0 Å². The second kappa shape index (κ2) is 8.22. The lowest BCUT2D eigenvalue weighted by Crippen LogP contribution is -2.39. The first-order valence-corrected chi connectivity index (χ1v) is 9.55. The maximum atomic E-state index is 12.9. The summed E-state index contributed by atoms with van der Waals surface area (Å²) in [5.41, 5.74) is 1.49. The standard InChI is InChI=1S/C18H19N3O3S.2ClH/c22-18(21-6-5-12-2-3-13(8-21)19-12)14-9-25-17(20-14)11-1-4-15-16(7-11)24-10-23-15;;/h1,4,7,9,12-13,19H,2-3,5-6,8,10H2;2*1H. The van der Waals surface area contributed by atoms with Crippen molar-refractivity contribution in [3.8, 4) is 22.1 Å². The Hall–Kier alpha value is -1.54. The van der Waals surface area contributed by atoms with Gasteiger partial charge in [-0.1, -0.05) is 0 Å². The lowest BCUT2D eigenvalue weighted by Gasteiger charge is -2.23. The highest BCUT2D eigenvalue weighted by atomic mass is 35.5.